The molecule has 7 heteroatoms. The molecule has 0 aliphatic carbocycles. The molecule has 0 heterocycles. The lowest BCUT2D eigenvalue weighted by Crippen LogP contribution is -2.26. The number of likely N-dealkylation sites (N-methyl/N-ethyl adjacent to an activating group) is 1. The number of hydrogen-bond acceptors (Lipinski definition) is 4. The zero-order valence-electron chi connectivity index (χ0n) is 12.7. The van der Waals surface area contributed by atoms with Crippen LogP contribution >= 0.6 is 24.8 Å². The van der Waals surface area contributed by atoms with Gasteiger partial charge in [-0.05, 0) is 38.4 Å². The number of nitrogens with two attached hydrogens (primary N) is 1. The fourth-order valence-electron chi connectivity index (χ4n) is 1.35. The Morgan fingerprint density at radius 2 is 1.86 bits per heavy atom. The van der Waals surface area contributed by atoms with Gasteiger partial charge in [-0.3, -0.25) is 4.79 Å². The zero-order chi connectivity index (χ0) is 14.3. The van der Waals surface area contributed by atoms with Crippen LogP contribution in [0.3, 0.4) is 0 Å². The molecule has 1 aromatic rings. The average molecular weight is 338 g/mol. The number of carbonyl (C=O) groups is 1. The van der Waals surface area contributed by atoms with Crippen molar-refractivity contribution >= 4 is 36.4 Å². The van der Waals surface area contributed by atoms with Crippen LogP contribution in [0, 0.1) is 5.92 Å². The number of halogens is 2. The molecule has 0 saturated carbocycles. The van der Waals surface area contributed by atoms with Gasteiger partial charge in [0.05, 0.1) is 0 Å². The van der Waals surface area contributed by atoms with E-state index in [0.717, 1.165) is 18.0 Å². The third-order valence-electron chi connectivity index (χ3n) is 2.73. The lowest BCUT2D eigenvalue weighted by Gasteiger charge is -2.12. The smallest absolute Gasteiger partial charge is 0.228 e. The Morgan fingerprint density at radius 1 is 1.29 bits per heavy atom. The molecule has 0 aliphatic heterocycles. The van der Waals surface area contributed by atoms with E-state index in [4.69, 9.17) is 10.5 Å². The van der Waals surface area contributed by atoms with Gasteiger partial charge in [-0.25, -0.2) is 0 Å². The molecule has 3 N–H and O–H groups in total. The van der Waals surface area contributed by atoms with Gasteiger partial charge in [-0.1, -0.05) is 6.92 Å². The number of hydrogen-bond donors (Lipinski definition) is 2. The van der Waals surface area contributed by atoms with Crippen molar-refractivity contribution in [2.45, 2.75) is 6.92 Å². The summed E-state index contributed by atoms with van der Waals surface area (Å²) in [5.41, 5.74) is 6.20. The topological polar surface area (TPSA) is 67.6 Å². The predicted octanol–water partition coefficient (Wildman–Crippen LogP) is 2.00. The van der Waals surface area contributed by atoms with Crippen LogP contribution in [0.25, 0.3) is 0 Å². The van der Waals surface area contributed by atoms with Gasteiger partial charge in [-0.15, -0.1) is 24.8 Å². The fourth-order valence-corrected chi connectivity index (χ4v) is 1.35. The first kappa shape index (κ1) is 22.3. The van der Waals surface area contributed by atoms with E-state index in [1.54, 1.807) is 6.92 Å². The van der Waals surface area contributed by atoms with Gasteiger partial charge in [-0.2, -0.15) is 0 Å². The summed E-state index contributed by atoms with van der Waals surface area (Å²) >= 11 is 0. The summed E-state index contributed by atoms with van der Waals surface area (Å²) in [4.78, 5) is 13.7. The van der Waals surface area contributed by atoms with Gasteiger partial charge < -0.3 is 20.7 Å². The largest absolute Gasteiger partial charge is 0.492 e. The molecule has 0 aromatic heterocycles. The zero-order valence-corrected chi connectivity index (χ0v) is 14.3. The van der Waals surface area contributed by atoms with E-state index in [9.17, 15) is 4.79 Å². The fraction of sp³-hybridized carbons (Fsp3) is 0.500. The molecule has 1 amide bonds. The van der Waals surface area contributed by atoms with Crippen molar-refractivity contribution in [1.82, 2.24) is 4.90 Å². The Balaban J connectivity index is 0. The molecule has 0 spiro atoms. The van der Waals surface area contributed by atoms with Crippen LogP contribution in [-0.4, -0.2) is 44.6 Å². The molecule has 1 atom stereocenters. The van der Waals surface area contributed by atoms with Gasteiger partial charge in [0, 0.05) is 24.7 Å². The van der Waals surface area contributed by atoms with E-state index in [-0.39, 0.29) is 36.6 Å². The Labute approximate surface area is 139 Å². The molecule has 0 fully saturated rings. The van der Waals surface area contributed by atoms with Crippen LogP contribution in [-0.2, 0) is 4.79 Å². The van der Waals surface area contributed by atoms with Crippen molar-refractivity contribution in [1.29, 1.82) is 0 Å². The van der Waals surface area contributed by atoms with Crippen LogP contribution in [0.5, 0.6) is 5.75 Å². The first-order chi connectivity index (χ1) is 9.02. The number of anilines is 1. The SMILES string of the molecule is CC(CN)C(=O)Nc1ccc(OCCN(C)C)cc1.Cl.Cl. The quantitative estimate of drug-likeness (QED) is 0.798. The van der Waals surface area contributed by atoms with Gasteiger partial charge in [0.2, 0.25) is 5.91 Å². The standard InChI is InChI=1S/C14H23N3O2.2ClH/c1-11(10-15)14(18)16-12-4-6-13(7-5-12)19-9-8-17(2)3;;/h4-7,11H,8-10,15H2,1-3H3,(H,16,18);2*1H. The number of benzene rings is 1. The summed E-state index contributed by atoms with van der Waals surface area (Å²) in [6, 6.07) is 7.34. The number of nitrogens with one attached hydrogen (secondary N) is 1. The average Bonchev–Trinajstić information content (AvgIpc) is 2.39. The Kier molecular flexibility index (Phi) is 12.3. The third kappa shape index (κ3) is 8.78. The highest BCUT2D eigenvalue weighted by Gasteiger charge is 2.10. The summed E-state index contributed by atoms with van der Waals surface area (Å²) in [7, 11) is 4.00. The van der Waals surface area contributed by atoms with Crippen LogP contribution in [0.4, 0.5) is 5.69 Å². The monoisotopic (exact) mass is 337 g/mol. The third-order valence-corrected chi connectivity index (χ3v) is 2.73. The van der Waals surface area contributed by atoms with Crippen LogP contribution < -0.4 is 15.8 Å². The summed E-state index contributed by atoms with van der Waals surface area (Å²) in [6.45, 7) is 3.65. The number of amides is 1. The number of ether oxygens (including phenoxy) is 1. The van der Waals surface area contributed by atoms with Gasteiger partial charge >= 0.3 is 0 Å². The molecule has 0 bridgehead atoms. The van der Waals surface area contributed by atoms with Crippen molar-refractivity contribution in [2.24, 2.45) is 11.7 Å². The highest BCUT2D eigenvalue weighted by atomic mass is 35.5. The molecule has 5 nitrogen and oxygen atoms in total. The van der Waals surface area contributed by atoms with Crippen molar-refractivity contribution in [3.05, 3.63) is 24.3 Å². The predicted molar refractivity (Wildman–Crippen MR) is 91.8 cm³/mol. The van der Waals surface area contributed by atoms with E-state index in [1.165, 1.54) is 0 Å². The highest BCUT2D eigenvalue weighted by Crippen LogP contribution is 2.16. The number of rotatable bonds is 7. The minimum absolute atomic E-state index is 0. The Hall–Kier alpha value is -1.01. The molecule has 1 unspecified atom stereocenters. The van der Waals surface area contributed by atoms with Crippen LogP contribution in [0.2, 0.25) is 0 Å². The van der Waals surface area contributed by atoms with Crippen molar-refractivity contribution in [3.8, 4) is 5.75 Å². The normalized spacial score (nSPS) is 11.1. The lowest BCUT2D eigenvalue weighted by atomic mass is 10.1. The van der Waals surface area contributed by atoms with Crippen molar-refractivity contribution < 1.29 is 9.53 Å². The molecule has 1 rings (SSSR count). The number of nitrogens with zero attached hydrogens (tertiary/aromatic N) is 1. The molecule has 21 heavy (non-hydrogen) atoms. The van der Waals surface area contributed by atoms with Gasteiger partial charge in [0.25, 0.3) is 0 Å². The Bertz CT molecular complexity index is 400. The molecule has 0 radical (unpaired) electrons. The van der Waals surface area contributed by atoms with E-state index in [1.807, 2.05) is 38.4 Å². The van der Waals surface area contributed by atoms with Gasteiger partial charge in [0.15, 0.2) is 0 Å². The Morgan fingerprint density at radius 3 is 2.33 bits per heavy atom. The highest BCUT2D eigenvalue weighted by molar-refractivity contribution is 5.92. The molecule has 122 valence electrons. The molecular weight excluding hydrogens is 313 g/mol. The number of carbonyl (C=O) groups excluding carboxylic acids is 1. The second-order valence-electron chi connectivity index (χ2n) is 4.80. The molecule has 1 aromatic carbocycles. The summed E-state index contributed by atoms with van der Waals surface area (Å²) in [6.07, 6.45) is 0. The second kappa shape index (κ2) is 11.6. The summed E-state index contributed by atoms with van der Waals surface area (Å²) < 4.78 is 5.57. The first-order valence-electron chi connectivity index (χ1n) is 6.41. The van der Waals surface area contributed by atoms with Crippen molar-refractivity contribution in [2.75, 3.05) is 39.1 Å². The molecule has 0 saturated heterocycles. The van der Waals surface area contributed by atoms with Gasteiger partial charge in [0.1, 0.15) is 12.4 Å². The molecular formula is C14H25Cl2N3O2. The minimum Gasteiger partial charge on any atom is -0.492 e. The first-order valence-corrected chi connectivity index (χ1v) is 6.41. The van der Waals surface area contributed by atoms with E-state index in [0.29, 0.717) is 13.2 Å². The second-order valence-corrected chi connectivity index (χ2v) is 4.80. The summed E-state index contributed by atoms with van der Waals surface area (Å²) in [5.74, 6) is 0.548. The molecule has 0 aliphatic rings. The van der Waals surface area contributed by atoms with Crippen molar-refractivity contribution in [3.63, 3.8) is 0 Å². The van der Waals surface area contributed by atoms with Crippen LogP contribution in [0.1, 0.15) is 6.92 Å². The van der Waals surface area contributed by atoms with E-state index >= 15 is 0 Å². The minimum atomic E-state index is -0.184. The maximum atomic E-state index is 11.6. The van der Waals surface area contributed by atoms with E-state index < -0.39 is 0 Å². The maximum absolute atomic E-state index is 11.6. The summed E-state index contributed by atoms with van der Waals surface area (Å²) in [5, 5.41) is 2.81. The lowest BCUT2D eigenvalue weighted by molar-refractivity contribution is -0.119. The van der Waals surface area contributed by atoms with E-state index in [2.05, 4.69) is 10.2 Å². The van der Waals surface area contributed by atoms with Crippen LogP contribution in [0.15, 0.2) is 24.3 Å². The maximum Gasteiger partial charge on any atom is 0.228 e.